The summed E-state index contributed by atoms with van der Waals surface area (Å²) in [4.78, 5) is 26.6. The van der Waals surface area contributed by atoms with E-state index in [1.807, 2.05) is 60.7 Å². The number of halogens is 1. The Balaban J connectivity index is 1.67. The van der Waals surface area contributed by atoms with Crippen molar-refractivity contribution < 1.29 is 14.0 Å². The van der Waals surface area contributed by atoms with Crippen molar-refractivity contribution in [2.45, 2.75) is 13.1 Å². The molecule has 0 unspecified atom stereocenters. The summed E-state index contributed by atoms with van der Waals surface area (Å²) in [5.41, 5.74) is 2.06. The minimum absolute atomic E-state index is 0.100. The minimum Gasteiger partial charge on any atom is -0.444 e. The lowest BCUT2D eigenvalue weighted by atomic mass is 10.1. The normalized spacial score (nSPS) is 10.4. The molecule has 1 N–H and O–H groups in total. The number of carbonyl (C=O) groups is 2. The second-order valence-electron chi connectivity index (χ2n) is 6.01. The third-order valence-electron chi connectivity index (χ3n) is 3.98. The summed E-state index contributed by atoms with van der Waals surface area (Å²) in [6.45, 7) is 0.838. The number of amides is 2. The first-order valence-electron chi connectivity index (χ1n) is 8.51. The van der Waals surface area contributed by atoms with Crippen LogP contribution in [0.1, 0.15) is 21.7 Å². The molecule has 0 atom stereocenters. The van der Waals surface area contributed by atoms with E-state index in [2.05, 4.69) is 21.2 Å². The Labute approximate surface area is 166 Å². The van der Waals surface area contributed by atoms with Gasteiger partial charge in [-0.2, -0.15) is 0 Å². The Hall–Kier alpha value is -2.86. The first kappa shape index (κ1) is 18.9. The fraction of sp³-hybridized carbons (Fsp3) is 0.143. The Morgan fingerprint density at radius 1 is 0.852 bits per heavy atom. The SMILES string of the molecule is O=C(NCC(=O)N(Cc1ccccc1)Cc1ccccc1)c1ccc(Br)o1. The number of furan rings is 1. The Kier molecular flexibility index (Phi) is 6.44. The van der Waals surface area contributed by atoms with Gasteiger partial charge in [-0.1, -0.05) is 60.7 Å². The summed E-state index contributed by atoms with van der Waals surface area (Å²) in [5, 5.41) is 2.62. The molecule has 0 spiro atoms. The zero-order valence-electron chi connectivity index (χ0n) is 14.6. The van der Waals surface area contributed by atoms with Gasteiger partial charge >= 0.3 is 0 Å². The summed E-state index contributed by atoms with van der Waals surface area (Å²) >= 11 is 3.16. The molecular formula is C21H19BrN2O3. The van der Waals surface area contributed by atoms with Gasteiger partial charge in [0.05, 0.1) is 6.54 Å². The van der Waals surface area contributed by atoms with Crippen LogP contribution in [0.25, 0.3) is 0 Å². The minimum atomic E-state index is -0.423. The number of nitrogens with zero attached hydrogens (tertiary/aromatic N) is 1. The van der Waals surface area contributed by atoms with Crippen molar-refractivity contribution in [3.05, 3.63) is 94.4 Å². The molecule has 2 aromatic carbocycles. The standard InChI is InChI=1S/C21H19BrN2O3/c22-19-12-11-18(27-19)21(26)23-13-20(25)24(14-16-7-3-1-4-8-16)15-17-9-5-2-6-10-17/h1-12H,13-15H2,(H,23,26). The van der Waals surface area contributed by atoms with Gasteiger partial charge in [0.15, 0.2) is 10.4 Å². The van der Waals surface area contributed by atoms with Gasteiger partial charge in [-0.15, -0.1) is 0 Å². The van der Waals surface area contributed by atoms with Gasteiger partial charge in [0.25, 0.3) is 5.91 Å². The average molecular weight is 427 g/mol. The van der Waals surface area contributed by atoms with Crippen LogP contribution in [0, 0.1) is 0 Å². The van der Waals surface area contributed by atoms with Crippen LogP contribution in [0.3, 0.4) is 0 Å². The van der Waals surface area contributed by atoms with Crippen LogP contribution < -0.4 is 5.32 Å². The molecule has 0 saturated carbocycles. The van der Waals surface area contributed by atoms with E-state index < -0.39 is 5.91 Å². The fourth-order valence-electron chi connectivity index (χ4n) is 2.63. The molecule has 0 fully saturated rings. The zero-order valence-corrected chi connectivity index (χ0v) is 16.2. The van der Waals surface area contributed by atoms with Crippen molar-refractivity contribution in [2.75, 3.05) is 6.54 Å². The van der Waals surface area contributed by atoms with Crippen molar-refractivity contribution in [1.29, 1.82) is 0 Å². The van der Waals surface area contributed by atoms with Crippen molar-refractivity contribution >= 4 is 27.7 Å². The maximum Gasteiger partial charge on any atom is 0.287 e. The van der Waals surface area contributed by atoms with E-state index >= 15 is 0 Å². The molecule has 5 nitrogen and oxygen atoms in total. The van der Waals surface area contributed by atoms with Crippen LogP contribution in [0.5, 0.6) is 0 Å². The van der Waals surface area contributed by atoms with Crippen LogP contribution >= 0.6 is 15.9 Å². The first-order valence-corrected chi connectivity index (χ1v) is 9.30. The Bertz CT molecular complexity index is 853. The van der Waals surface area contributed by atoms with Gasteiger partial charge in [-0.3, -0.25) is 9.59 Å². The third kappa shape index (κ3) is 5.56. The van der Waals surface area contributed by atoms with E-state index in [9.17, 15) is 9.59 Å². The molecule has 0 aliphatic carbocycles. The topological polar surface area (TPSA) is 62.6 Å². The van der Waals surface area contributed by atoms with E-state index in [4.69, 9.17) is 4.42 Å². The van der Waals surface area contributed by atoms with Gasteiger partial charge in [-0.05, 0) is 39.2 Å². The largest absolute Gasteiger partial charge is 0.444 e. The van der Waals surface area contributed by atoms with E-state index in [1.165, 1.54) is 0 Å². The summed E-state index contributed by atoms with van der Waals surface area (Å²) in [7, 11) is 0. The molecular weight excluding hydrogens is 408 g/mol. The second kappa shape index (κ2) is 9.19. The predicted molar refractivity (Wildman–Crippen MR) is 106 cm³/mol. The van der Waals surface area contributed by atoms with Crippen molar-refractivity contribution in [3.8, 4) is 0 Å². The monoisotopic (exact) mass is 426 g/mol. The molecule has 0 aliphatic rings. The average Bonchev–Trinajstić information content (AvgIpc) is 3.13. The van der Waals surface area contributed by atoms with E-state index in [-0.39, 0.29) is 18.2 Å². The molecule has 0 saturated heterocycles. The second-order valence-corrected chi connectivity index (χ2v) is 6.79. The van der Waals surface area contributed by atoms with Crippen molar-refractivity contribution in [2.24, 2.45) is 0 Å². The molecule has 27 heavy (non-hydrogen) atoms. The number of hydrogen-bond donors (Lipinski definition) is 1. The fourth-order valence-corrected chi connectivity index (χ4v) is 2.94. The molecule has 3 rings (SSSR count). The van der Waals surface area contributed by atoms with E-state index in [1.54, 1.807) is 17.0 Å². The molecule has 1 aromatic heterocycles. The van der Waals surface area contributed by atoms with Gasteiger partial charge in [-0.25, -0.2) is 0 Å². The predicted octanol–water partition coefficient (Wildman–Crippen LogP) is 4.00. The highest BCUT2D eigenvalue weighted by Gasteiger charge is 2.17. The molecule has 6 heteroatoms. The highest BCUT2D eigenvalue weighted by molar-refractivity contribution is 9.10. The van der Waals surface area contributed by atoms with Crippen LogP contribution in [0.15, 0.2) is 81.9 Å². The quantitative estimate of drug-likeness (QED) is 0.620. The van der Waals surface area contributed by atoms with Crippen molar-refractivity contribution in [1.82, 2.24) is 10.2 Å². The lowest BCUT2D eigenvalue weighted by molar-refractivity contribution is -0.131. The molecule has 3 aromatic rings. The molecule has 0 bridgehead atoms. The number of benzene rings is 2. The van der Waals surface area contributed by atoms with Gasteiger partial charge in [0, 0.05) is 13.1 Å². The maximum absolute atomic E-state index is 12.8. The first-order chi connectivity index (χ1) is 13.1. The summed E-state index contributed by atoms with van der Waals surface area (Å²) < 4.78 is 5.68. The van der Waals surface area contributed by atoms with Gasteiger partial charge in [0.1, 0.15) is 0 Å². The lowest BCUT2D eigenvalue weighted by Gasteiger charge is -2.23. The molecule has 0 aliphatic heterocycles. The highest BCUT2D eigenvalue weighted by atomic mass is 79.9. The zero-order chi connectivity index (χ0) is 19.1. The van der Waals surface area contributed by atoms with Gasteiger partial charge < -0.3 is 14.6 Å². The number of carbonyl (C=O) groups excluding carboxylic acids is 2. The molecule has 0 radical (unpaired) electrons. The van der Waals surface area contributed by atoms with Crippen LogP contribution in [0.2, 0.25) is 0 Å². The van der Waals surface area contributed by atoms with Crippen LogP contribution in [-0.2, 0) is 17.9 Å². The Morgan fingerprint density at radius 2 is 1.41 bits per heavy atom. The van der Waals surface area contributed by atoms with Crippen molar-refractivity contribution in [3.63, 3.8) is 0 Å². The van der Waals surface area contributed by atoms with Gasteiger partial charge in [0.2, 0.25) is 5.91 Å². The highest BCUT2D eigenvalue weighted by Crippen LogP contribution is 2.14. The summed E-state index contributed by atoms with van der Waals surface area (Å²) in [5.74, 6) is -0.428. The smallest absolute Gasteiger partial charge is 0.287 e. The number of rotatable bonds is 7. The summed E-state index contributed by atoms with van der Waals surface area (Å²) in [6, 6.07) is 22.7. The van der Waals surface area contributed by atoms with Crippen LogP contribution in [-0.4, -0.2) is 23.3 Å². The molecule has 1 heterocycles. The summed E-state index contributed by atoms with van der Waals surface area (Å²) in [6.07, 6.45) is 0. The van der Waals surface area contributed by atoms with E-state index in [0.29, 0.717) is 17.8 Å². The van der Waals surface area contributed by atoms with E-state index in [0.717, 1.165) is 11.1 Å². The van der Waals surface area contributed by atoms with Crippen LogP contribution in [0.4, 0.5) is 0 Å². The number of hydrogen-bond acceptors (Lipinski definition) is 3. The Morgan fingerprint density at radius 3 is 1.89 bits per heavy atom. The number of nitrogens with one attached hydrogen (secondary N) is 1. The maximum atomic E-state index is 12.8. The third-order valence-corrected chi connectivity index (χ3v) is 4.41. The molecule has 138 valence electrons. The lowest BCUT2D eigenvalue weighted by Crippen LogP contribution is -2.39. The molecule has 2 amide bonds.